The van der Waals surface area contributed by atoms with Crippen LogP contribution in [0, 0.1) is 0 Å². The molecule has 0 saturated carbocycles. The first kappa shape index (κ1) is 11.4. The first-order valence-electron chi connectivity index (χ1n) is 2.01. The van der Waals surface area contributed by atoms with Crippen LogP contribution in [-0.2, 0) is 9.47 Å². The van der Waals surface area contributed by atoms with Crippen molar-refractivity contribution >= 4 is 23.1 Å². The lowest BCUT2D eigenvalue weighted by Crippen LogP contribution is -2.16. The van der Waals surface area contributed by atoms with Crippen LogP contribution < -0.4 is 0 Å². The molecule has 48 valence electrons. The summed E-state index contributed by atoms with van der Waals surface area (Å²) in [6.45, 7) is -0.0903. The maximum absolute atomic E-state index is 8.28. The van der Waals surface area contributed by atoms with E-state index in [9.17, 15) is 0 Å². The SMILES string of the molecule is COC(CO)OC.[MgH2]. The molecule has 0 bridgehead atoms. The van der Waals surface area contributed by atoms with Gasteiger partial charge in [0.25, 0.3) is 0 Å². The molecule has 0 aliphatic carbocycles. The van der Waals surface area contributed by atoms with E-state index < -0.39 is 6.29 Å². The van der Waals surface area contributed by atoms with E-state index in [0.717, 1.165) is 0 Å². The fourth-order valence-electron chi connectivity index (χ4n) is 0.245. The quantitative estimate of drug-likeness (QED) is 0.383. The Morgan fingerprint density at radius 1 is 1.38 bits per heavy atom. The molecule has 8 heavy (non-hydrogen) atoms. The van der Waals surface area contributed by atoms with Gasteiger partial charge >= 0.3 is 23.1 Å². The van der Waals surface area contributed by atoms with E-state index in [2.05, 4.69) is 9.47 Å². The molecule has 0 heterocycles. The Kier molecular flexibility index (Phi) is 10.9. The molecule has 0 aromatic heterocycles. The minimum Gasteiger partial charge on any atom is -0.391 e. The van der Waals surface area contributed by atoms with E-state index in [1.54, 1.807) is 0 Å². The fraction of sp³-hybridized carbons (Fsp3) is 1.00. The molecule has 0 radical (unpaired) electrons. The van der Waals surface area contributed by atoms with Crippen LogP contribution in [0.2, 0.25) is 0 Å². The van der Waals surface area contributed by atoms with Gasteiger partial charge in [-0.25, -0.2) is 0 Å². The van der Waals surface area contributed by atoms with Gasteiger partial charge in [0, 0.05) is 14.2 Å². The lowest BCUT2D eigenvalue weighted by molar-refractivity contribution is -0.127. The van der Waals surface area contributed by atoms with Gasteiger partial charge in [-0.2, -0.15) is 0 Å². The zero-order valence-electron chi connectivity index (χ0n) is 4.55. The van der Waals surface area contributed by atoms with Crippen molar-refractivity contribution in [2.24, 2.45) is 0 Å². The number of hydrogen-bond donors (Lipinski definition) is 1. The van der Waals surface area contributed by atoms with Gasteiger partial charge in [-0.3, -0.25) is 0 Å². The van der Waals surface area contributed by atoms with Crippen LogP contribution in [0.4, 0.5) is 0 Å². The predicted octanol–water partition coefficient (Wildman–Crippen LogP) is -1.32. The highest BCUT2D eigenvalue weighted by atomic mass is 24.3. The van der Waals surface area contributed by atoms with Gasteiger partial charge in [0.2, 0.25) is 0 Å². The zero-order chi connectivity index (χ0) is 5.70. The first-order valence-corrected chi connectivity index (χ1v) is 2.01. The fourth-order valence-corrected chi connectivity index (χ4v) is 0.245. The van der Waals surface area contributed by atoms with Crippen LogP contribution in [0.15, 0.2) is 0 Å². The lowest BCUT2D eigenvalue weighted by Gasteiger charge is -2.07. The van der Waals surface area contributed by atoms with Gasteiger partial charge in [0.05, 0.1) is 6.61 Å². The maximum atomic E-state index is 8.28. The monoisotopic (exact) mass is 132 g/mol. The van der Waals surface area contributed by atoms with Crippen LogP contribution in [0.25, 0.3) is 0 Å². The third-order valence-electron chi connectivity index (χ3n) is 0.675. The van der Waals surface area contributed by atoms with Crippen LogP contribution >= 0.6 is 0 Å². The average molecular weight is 132 g/mol. The number of hydrogen-bond acceptors (Lipinski definition) is 3. The second-order valence-corrected chi connectivity index (χ2v) is 1.08. The van der Waals surface area contributed by atoms with Crippen molar-refractivity contribution in [3.63, 3.8) is 0 Å². The number of aliphatic hydroxyl groups excluding tert-OH is 1. The number of methoxy groups -OCH3 is 2. The molecule has 0 spiro atoms. The number of aliphatic hydroxyl groups is 1. The molecule has 1 N–H and O–H groups in total. The molecule has 0 aromatic rings. The highest BCUT2D eigenvalue weighted by molar-refractivity contribution is 5.75. The third-order valence-corrected chi connectivity index (χ3v) is 0.675. The highest BCUT2D eigenvalue weighted by Gasteiger charge is 1.98. The van der Waals surface area contributed by atoms with E-state index in [1.165, 1.54) is 14.2 Å². The maximum Gasteiger partial charge on any atom is 0.316 e. The van der Waals surface area contributed by atoms with Crippen LogP contribution in [0.1, 0.15) is 0 Å². The first-order chi connectivity index (χ1) is 3.35. The van der Waals surface area contributed by atoms with Crippen molar-refractivity contribution < 1.29 is 14.6 Å². The molecule has 3 nitrogen and oxygen atoms in total. The molecule has 0 rings (SSSR count). The van der Waals surface area contributed by atoms with Crippen molar-refractivity contribution in [1.82, 2.24) is 0 Å². The predicted molar refractivity (Wildman–Crippen MR) is 33.4 cm³/mol. The molecule has 0 aliphatic rings. The Bertz CT molecular complexity index is 32.8. The summed E-state index contributed by atoms with van der Waals surface area (Å²) < 4.78 is 9.15. The number of ether oxygens (including phenoxy) is 2. The van der Waals surface area contributed by atoms with E-state index in [-0.39, 0.29) is 29.7 Å². The third kappa shape index (κ3) is 4.80. The Morgan fingerprint density at radius 2 is 1.75 bits per heavy atom. The van der Waals surface area contributed by atoms with Gasteiger partial charge in [-0.15, -0.1) is 0 Å². The van der Waals surface area contributed by atoms with Gasteiger partial charge in [0.15, 0.2) is 6.29 Å². The molecule has 0 aromatic carbocycles. The summed E-state index contributed by atoms with van der Waals surface area (Å²) in [4.78, 5) is 0. The van der Waals surface area contributed by atoms with Crippen molar-refractivity contribution in [3.05, 3.63) is 0 Å². The van der Waals surface area contributed by atoms with Crippen molar-refractivity contribution in [2.75, 3.05) is 20.8 Å². The van der Waals surface area contributed by atoms with Crippen LogP contribution in [-0.4, -0.2) is 55.3 Å². The Balaban J connectivity index is 0. The van der Waals surface area contributed by atoms with Gasteiger partial charge in [-0.05, 0) is 0 Å². The summed E-state index contributed by atoms with van der Waals surface area (Å²) in [5.74, 6) is 0. The van der Waals surface area contributed by atoms with Gasteiger partial charge in [0.1, 0.15) is 0 Å². The molecular formula is C4H12MgO3. The minimum atomic E-state index is -0.458. The van der Waals surface area contributed by atoms with E-state index >= 15 is 0 Å². The van der Waals surface area contributed by atoms with E-state index in [0.29, 0.717) is 0 Å². The Labute approximate surface area is 65.1 Å². The van der Waals surface area contributed by atoms with Crippen LogP contribution in [0.5, 0.6) is 0 Å². The second kappa shape index (κ2) is 7.65. The van der Waals surface area contributed by atoms with Gasteiger partial charge in [-0.1, -0.05) is 0 Å². The number of rotatable bonds is 3. The minimum absolute atomic E-state index is 0. The zero-order valence-corrected chi connectivity index (χ0v) is 4.55. The molecule has 0 fully saturated rings. The van der Waals surface area contributed by atoms with Crippen molar-refractivity contribution in [3.8, 4) is 0 Å². The molecule has 4 heteroatoms. The summed E-state index contributed by atoms with van der Waals surface area (Å²) in [5.41, 5.74) is 0. The summed E-state index contributed by atoms with van der Waals surface area (Å²) in [5, 5.41) is 8.28. The van der Waals surface area contributed by atoms with Crippen LogP contribution in [0.3, 0.4) is 0 Å². The summed E-state index contributed by atoms with van der Waals surface area (Å²) in [7, 11) is 2.95. The van der Waals surface area contributed by atoms with E-state index in [1.807, 2.05) is 0 Å². The molecule has 0 atom stereocenters. The van der Waals surface area contributed by atoms with E-state index in [4.69, 9.17) is 5.11 Å². The van der Waals surface area contributed by atoms with Gasteiger partial charge < -0.3 is 14.6 Å². The lowest BCUT2D eigenvalue weighted by atomic mass is 10.7. The standard InChI is InChI=1S/C4H10O3.Mg.2H/c1-6-4(3-5)7-2;;;/h4-5H,3H2,1-2H3;;;. The molecule has 0 unspecified atom stereocenters. The summed E-state index contributed by atoms with van der Waals surface area (Å²) >= 11 is 0. The average Bonchev–Trinajstić information content (AvgIpc) is 1.72. The summed E-state index contributed by atoms with van der Waals surface area (Å²) in [6, 6.07) is 0. The highest BCUT2D eigenvalue weighted by Crippen LogP contribution is 1.84. The smallest absolute Gasteiger partial charge is 0.316 e. The second-order valence-electron chi connectivity index (χ2n) is 1.08. The van der Waals surface area contributed by atoms with Crippen molar-refractivity contribution in [1.29, 1.82) is 0 Å². The largest absolute Gasteiger partial charge is 0.391 e. The molecular weight excluding hydrogens is 120 g/mol. The Hall–Kier alpha value is 0.646. The molecule has 0 saturated heterocycles. The Morgan fingerprint density at radius 3 is 1.75 bits per heavy atom. The topological polar surface area (TPSA) is 38.7 Å². The summed E-state index contributed by atoms with van der Waals surface area (Å²) in [6.07, 6.45) is -0.458. The van der Waals surface area contributed by atoms with Crippen molar-refractivity contribution in [2.45, 2.75) is 6.29 Å². The normalized spacial score (nSPS) is 9.00. The molecule has 0 aliphatic heterocycles. The molecule has 0 amide bonds.